The third-order valence-electron chi connectivity index (χ3n) is 4.33. The molecule has 0 aromatic heterocycles. The molecule has 162 valence electrons. The zero-order valence-corrected chi connectivity index (χ0v) is 18.8. The lowest BCUT2D eigenvalue weighted by molar-refractivity contribution is -0.113. The van der Waals surface area contributed by atoms with Gasteiger partial charge in [0.05, 0.1) is 10.6 Å². The number of hydrogen-bond donors (Lipinski definition) is 2. The second-order valence-corrected chi connectivity index (χ2v) is 9.84. The number of hydrogen-bond acceptors (Lipinski definition) is 4. The summed E-state index contributed by atoms with van der Waals surface area (Å²) in [4.78, 5) is 12.2. The molecule has 8 heteroatoms. The van der Waals surface area contributed by atoms with Crippen molar-refractivity contribution in [2.75, 3.05) is 15.8 Å². The molecule has 5 nitrogen and oxygen atoms in total. The van der Waals surface area contributed by atoms with Gasteiger partial charge in [0.1, 0.15) is 5.82 Å². The quantitative estimate of drug-likeness (QED) is 0.492. The van der Waals surface area contributed by atoms with Crippen LogP contribution in [-0.2, 0) is 20.6 Å². The number of nitrogens with one attached hydrogen (secondary N) is 2. The molecule has 0 saturated carbocycles. The molecule has 2 N–H and O–H groups in total. The summed E-state index contributed by atoms with van der Waals surface area (Å²) in [6.45, 7) is 4.10. The molecular weight excluding hydrogens is 435 g/mol. The SMILES string of the molecule is Cc1cc(C)cc(CSCC(=O)Nc2ccc(S(=O)(=O)Nc3ccc(F)cc3)cc2)c1. The minimum Gasteiger partial charge on any atom is -0.325 e. The van der Waals surface area contributed by atoms with Crippen molar-refractivity contribution >= 4 is 39.1 Å². The fraction of sp³-hybridized carbons (Fsp3) is 0.174. The molecule has 0 spiro atoms. The standard InChI is InChI=1S/C23H23FN2O3S2/c1-16-11-17(2)13-18(12-16)14-30-15-23(27)25-20-7-9-22(10-8-20)31(28,29)26-21-5-3-19(24)4-6-21/h3-13,26H,14-15H2,1-2H3,(H,25,27). The Morgan fingerprint density at radius 2 is 1.48 bits per heavy atom. The van der Waals surface area contributed by atoms with Crippen LogP contribution in [0.5, 0.6) is 0 Å². The van der Waals surface area contributed by atoms with Gasteiger partial charge in [-0.15, -0.1) is 11.8 Å². The number of thioether (sulfide) groups is 1. The largest absolute Gasteiger partial charge is 0.325 e. The second-order valence-electron chi connectivity index (χ2n) is 7.17. The zero-order chi connectivity index (χ0) is 22.4. The van der Waals surface area contributed by atoms with E-state index in [-0.39, 0.29) is 16.5 Å². The first kappa shape index (κ1) is 22.8. The van der Waals surface area contributed by atoms with Crippen LogP contribution in [0.15, 0.2) is 71.6 Å². The van der Waals surface area contributed by atoms with E-state index in [1.165, 1.54) is 77.0 Å². The van der Waals surface area contributed by atoms with E-state index in [1.807, 2.05) is 13.8 Å². The highest BCUT2D eigenvalue weighted by molar-refractivity contribution is 7.99. The van der Waals surface area contributed by atoms with E-state index >= 15 is 0 Å². The number of sulfonamides is 1. The second kappa shape index (κ2) is 9.98. The van der Waals surface area contributed by atoms with Crippen molar-refractivity contribution in [3.05, 3.63) is 89.2 Å². The van der Waals surface area contributed by atoms with Crippen molar-refractivity contribution in [2.45, 2.75) is 24.5 Å². The van der Waals surface area contributed by atoms with Gasteiger partial charge in [0.2, 0.25) is 5.91 Å². The maximum Gasteiger partial charge on any atom is 0.261 e. The third kappa shape index (κ3) is 6.83. The number of aryl methyl sites for hydroxylation is 2. The number of carbonyl (C=O) groups is 1. The van der Waals surface area contributed by atoms with Gasteiger partial charge in [-0.1, -0.05) is 29.3 Å². The summed E-state index contributed by atoms with van der Waals surface area (Å²) in [6, 6.07) is 17.2. The van der Waals surface area contributed by atoms with Crippen LogP contribution in [0.4, 0.5) is 15.8 Å². The molecule has 3 rings (SSSR count). The highest BCUT2D eigenvalue weighted by Crippen LogP contribution is 2.20. The Kier molecular flexibility index (Phi) is 7.35. The highest BCUT2D eigenvalue weighted by atomic mass is 32.2. The predicted octanol–water partition coefficient (Wildman–Crippen LogP) is 5.12. The first-order chi connectivity index (χ1) is 14.7. The Morgan fingerprint density at radius 3 is 2.10 bits per heavy atom. The zero-order valence-electron chi connectivity index (χ0n) is 17.2. The minimum absolute atomic E-state index is 0.0408. The molecule has 0 bridgehead atoms. The summed E-state index contributed by atoms with van der Waals surface area (Å²) in [5.74, 6) is 0.422. The van der Waals surface area contributed by atoms with Gasteiger partial charge in [0.25, 0.3) is 10.0 Å². The summed E-state index contributed by atoms with van der Waals surface area (Å²) in [5.41, 5.74) is 4.35. The molecule has 31 heavy (non-hydrogen) atoms. The summed E-state index contributed by atoms with van der Waals surface area (Å²) < 4.78 is 40.3. The van der Waals surface area contributed by atoms with Crippen LogP contribution < -0.4 is 10.0 Å². The number of rotatable bonds is 8. The number of anilines is 2. The van der Waals surface area contributed by atoms with Crippen molar-refractivity contribution in [2.24, 2.45) is 0 Å². The van der Waals surface area contributed by atoms with Gasteiger partial charge in [-0.2, -0.15) is 0 Å². The van der Waals surface area contributed by atoms with E-state index in [0.29, 0.717) is 11.4 Å². The number of amides is 1. The lowest BCUT2D eigenvalue weighted by Gasteiger charge is -2.10. The van der Waals surface area contributed by atoms with Crippen LogP contribution in [0.25, 0.3) is 0 Å². The van der Waals surface area contributed by atoms with Crippen LogP contribution in [0, 0.1) is 19.7 Å². The Labute approximate surface area is 186 Å². The molecule has 0 fully saturated rings. The topological polar surface area (TPSA) is 75.3 Å². The van der Waals surface area contributed by atoms with Gasteiger partial charge in [-0.05, 0) is 67.9 Å². The van der Waals surface area contributed by atoms with Gasteiger partial charge in [-0.3, -0.25) is 9.52 Å². The maximum atomic E-state index is 13.0. The molecule has 0 saturated heterocycles. The molecule has 0 atom stereocenters. The van der Waals surface area contributed by atoms with Crippen LogP contribution >= 0.6 is 11.8 Å². The lowest BCUT2D eigenvalue weighted by Crippen LogP contribution is -2.15. The van der Waals surface area contributed by atoms with E-state index in [2.05, 4.69) is 28.2 Å². The molecule has 0 aliphatic heterocycles. The molecule has 0 heterocycles. The molecule has 3 aromatic rings. The summed E-state index contributed by atoms with van der Waals surface area (Å²) in [6.07, 6.45) is 0. The Bertz CT molecular complexity index is 1140. The molecule has 0 aliphatic rings. The summed E-state index contributed by atoms with van der Waals surface area (Å²) in [5, 5.41) is 2.77. The van der Waals surface area contributed by atoms with Crippen LogP contribution in [-0.4, -0.2) is 20.1 Å². The van der Waals surface area contributed by atoms with Gasteiger partial charge >= 0.3 is 0 Å². The van der Waals surface area contributed by atoms with Crippen LogP contribution in [0.3, 0.4) is 0 Å². The van der Waals surface area contributed by atoms with E-state index in [1.54, 1.807) is 0 Å². The van der Waals surface area contributed by atoms with Gasteiger partial charge in [0, 0.05) is 17.1 Å². The third-order valence-corrected chi connectivity index (χ3v) is 6.73. The van der Waals surface area contributed by atoms with Crippen molar-refractivity contribution in [1.82, 2.24) is 0 Å². The smallest absolute Gasteiger partial charge is 0.261 e. The summed E-state index contributed by atoms with van der Waals surface area (Å²) in [7, 11) is -3.81. The van der Waals surface area contributed by atoms with Crippen LogP contribution in [0.2, 0.25) is 0 Å². The van der Waals surface area contributed by atoms with Gasteiger partial charge in [0.15, 0.2) is 0 Å². The number of halogens is 1. The molecule has 0 radical (unpaired) electrons. The fourth-order valence-corrected chi connectivity index (χ4v) is 4.88. The normalized spacial score (nSPS) is 11.2. The lowest BCUT2D eigenvalue weighted by atomic mass is 10.1. The van der Waals surface area contributed by atoms with E-state index < -0.39 is 15.8 Å². The van der Waals surface area contributed by atoms with E-state index in [9.17, 15) is 17.6 Å². The van der Waals surface area contributed by atoms with Crippen molar-refractivity contribution in [1.29, 1.82) is 0 Å². The number of carbonyl (C=O) groups excluding carboxylic acids is 1. The first-order valence-electron chi connectivity index (χ1n) is 9.54. The van der Waals surface area contributed by atoms with E-state index in [4.69, 9.17) is 0 Å². The minimum atomic E-state index is -3.81. The van der Waals surface area contributed by atoms with Crippen molar-refractivity contribution < 1.29 is 17.6 Å². The van der Waals surface area contributed by atoms with Crippen LogP contribution in [0.1, 0.15) is 16.7 Å². The molecular formula is C23H23FN2O3S2. The maximum absolute atomic E-state index is 13.0. The van der Waals surface area contributed by atoms with Gasteiger partial charge in [-0.25, -0.2) is 12.8 Å². The Balaban J connectivity index is 1.53. The predicted molar refractivity (Wildman–Crippen MR) is 124 cm³/mol. The molecule has 0 unspecified atom stereocenters. The monoisotopic (exact) mass is 458 g/mol. The Hall–Kier alpha value is -2.84. The average molecular weight is 459 g/mol. The summed E-state index contributed by atoms with van der Waals surface area (Å²) >= 11 is 1.52. The Morgan fingerprint density at radius 1 is 0.903 bits per heavy atom. The fourth-order valence-electron chi connectivity index (χ4n) is 3.06. The molecule has 3 aromatic carbocycles. The first-order valence-corrected chi connectivity index (χ1v) is 12.2. The van der Waals surface area contributed by atoms with E-state index in [0.717, 1.165) is 5.75 Å². The highest BCUT2D eigenvalue weighted by Gasteiger charge is 2.14. The average Bonchev–Trinajstić information content (AvgIpc) is 2.69. The van der Waals surface area contributed by atoms with Crippen molar-refractivity contribution in [3.63, 3.8) is 0 Å². The van der Waals surface area contributed by atoms with Crippen molar-refractivity contribution in [3.8, 4) is 0 Å². The molecule has 0 aliphatic carbocycles. The number of benzene rings is 3. The molecule has 1 amide bonds. The van der Waals surface area contributed by atoms with Gasteiger partial charge < -0.3 is 5.32 Å².